The van der Waals surface area contributed by atoms with Crippen molar-refractivity contribution in [3.05, 3.63) is 0 Å². The SMILES string of the molecule is CC1(C)COC12CNC2.O=C(O)C(F)(F)F. The van der Waals surface area contributed by atoms with Crippen LogP contribution >= 0.6 is 0 Å². The zero-order chi connectivity index (χ0) is 12.6. The highest BCUT2D eigenvalue weighted by Gasteiger charge is 2.58. The number of nitrogens with one attached hydrogen (secondary N) is 1. The third kappa shape index (κ3) is 2.30. The van der Waals surface area contributed by atoms with Crippen molar-refractivity contribution in [2.75, 3.05) is 19.7 Å². The molecule has 0 aliphatic carbocycles. The molecular formula is C9H14F3NO3. The second kappa shape index (κ2) is 3.89. The van der Waals surface area contributed by atoms with E-state index in [0.717, 1.165) is 19.7 Å². The summed E-state index contributed by atoms with van der Waals surface area (Å²) in [5, 5.41) is 10.4. The van der Waals surface area contributed by atoms with Crippen molar-refractivity contribution in [1.29, 1.82) is 0 Å². The van der Waals surface area contributed by atoms with Crippen LogP contribution in [0.25, 0.3) is 0 Å². The molecule has 2 heterocycles. The van der Waals surface area contributed by atoms with Gasteiger partial charge < -0.3 is 15.2 Å². The van der Waals surface area contributed by atoms with Crippen molar-refractivity contribution in [3.63, 3.8) is 0 Å². The summed E-state index contributed by atoms with van der Waals surface area (Å²) in [6.07, 6.45) is -5.08. The Morgan fingerprint density at radius 3 is 1.81 bits per heavy atom. The van der Waals surface area contributed by atoms with Gasteiger partial charge in [0.2, 0.25) is 0 Å². The standard InChI is InChI=1S/C7H13NO.C2HF3O2/c1-6(2)5-9-7(6)3-8-4-7;3-2(4,5)1(6)7/h8H,3-5H2,1-2H3;(H,6,7). The summed E-state index contributed by atoms with van der Waals surface area (Å²) in [6, 6.07) is 0. The summed E-state index contributed by atoms with van der Waals surface area (Å²) in [6.45, 7) is 7.60. The summed E-state index contributed by atoms with van der Waals surface area (Å²) < 4.78 is 37.2. The van der Waals surface area contributed by atoms with Crippen LogP contribution in [-0.2, 0) is 9.53 Å². The van der Waals surface area contributed by atoms with Gasteiger partial charge in [0.15, 0.2) is 0 Å². The summed E-state index contributed by atoms with van der Waals surface area (Å²) in [5.74, 6) is -2.76. The van der Waals surface area contributed by atoms with Crippen molar-refractivity contribution in [2.45, 2.75) is 25.6 Å². The van der Waals surface area contributed by atoms with Crippen molar-refractivity contribution in [3.8, 4) is 0 Å². The first-order chi connectivity index (χ1) is 7.11. The first-order valence-corrected chi connectivity index (χ1v) is 4.76. The first-order valence-electron chi connectivity index (χ1n) is 4.76. The number of rotatable bonds is 0. The second-order valence-corrected chi connectivity index (χ2v) is 4.57. The topological polar surface area (TPSA) is 58.6 Å². The van der Waals surface area contributed by atoms with Crippen molar-refractivity contribution >= 4 is 5.97 Å². The molecule has 4 nitrogen and oxygen atoms in total. The predicted molar refractivity (Wildman–Crippen MR) is 49.0 cm³/mol. The number of hydrogen-bond acceptors (Lipinski definition) is 3. The van der Waals surface area contributed by atoms with Crippen LogP contribution in [0.5, 0.6) is 0 Å². The Labute approximate surface area is 90.8 Å². The number of carboxylic acid groups (broad SMARTS) is 1. The lowest BCUT2D eigenvalue weighted by molar-refractivity contribution is -0.272. The van der Waals surface area contributed by atoms with Crippen molar-refractivity contribution in [1.82, 2.24) is 5.32 Å². The molecule has 2 saturated heterocycles. The maximum atomic E-state index is 10.6. The molecule has 0 radical (unpaired) electrons. The largest absolute Gasteiger partial charge is 0.490 e. The highest BCUT2D eigenvalue weighted by atomic mass is 19.4. The van der Waals surface area contributed by atoms with E-state index in [1.54, 1.807) is 0 Å². The summed E-state index contributed by atoms with van der Waals surface area (Å²) in [4.78, 5) is 8.90. The van der Waals surface area contributed by atoms with Crippen LogP contribution in [0.3, 0.4) is 0 Å². The van der Waals surface area contributed by atoms with Crippen LogP contribution < -0.4 is 5.32 Å². The van der Waals surface area contributed by atoms with Crippen molar-refractivity contribution < 1.29 is 27.8 Å². The highest BCUT2D eigenvalue weighted by molar-refractivity contribution is 5.73. The van der Waals surface area contributed by atoms with E-state index in [4.69, 9.17) is 14.6 Å². The molecule has 2 rings (SSSR count). The molecule has 0 bridgehead atoms. The van der Waals surface area contributed by atoms with E-state index in [-0.39, 0.29) is 5.60 Å². The van der Waals surface area contributed by atoms with Gasteiger partial charge in [-0.15, -0.1) is 0 Å². The molecule has 2 N–H and O–H groups in total. The number of carboxylic acids is 1. The van der Waals surface area contributed by atoms with Gasteiger partial charge in [0.05, 0.1) is 6.61 Å². The molecule has 0 saturated carbocycles. The van der Waals surface area contributed by atoms with Crippen LogP contribution in [-0.4, -0.2) is 42.5 Å². The number of ether oxygens (including phenoxy) is 1. The molecule has 0 amide bonds. The molecule has 2 fully saturated rings. The molecule has 0 aromatic carbocycles. The zero-order valence-electron chi connectivity index (χ0n) is 9.02. The normalized spacial score (nSPS) is 24.8. The highest BCUT2D eigenvalue weighted by Crippen LogP contribution is 2.46. The third-order valence-electron chi connectivity index (χ3n) is 3.01. The van der Waals surface area contributed by atoms with Gasteiger partial charge in [0, 0.05) is 18.5 Å². The maximum absolute atomic E-state index is 10.6. The summed E-state index contributed by atoms with van der Waals surface area (Å²) in [5.41, 5.74) is 0.658. The lowest BCUT2D eigenvalue weighted by Gasteiger charge is -2.61. The van der Waals surface area contributed by atoms with Crippen molar-refractivity contribution in [2.24, 2.45) is 5.41 Å². The van der Waals surface area contributed by atoms with E-state index in [1.807, 2.05) is 0 Å². The van der Waals surface area contributed by atoms with Gasteiger partial charge in [-0.25, -0.2) is 4.79 Å². The van der Waals surface area contributed by atoms with Gasteiger partial charge >= 0.3 is 12.1 Å². The van der Waals surface area contributed by atoms with E-state index in [9.17, 15) is 13.2 Å². The number of carbonyl (C=O) groups is 1. The Kier molecular flexibility index (Phi) is 3.22. The molecule has 2 aliphatic rings. The van der Waals surface area contributed by atoms with Gasteiger partial charge in [0.25, 0.3) is 0 Å². The molecule has 7 heteroatoms. The number of alkyl halides is 3. The third-order valence-corrected chi connectivity index (χ3v) is 3.01. The van der Waals surface area contributed by atoms with Crippen LogP contribution in [0, 0.1) is 5.41 Å². The number of hydrogen-bond donors (Lipinski definition) is 2. The Balaban J connectivity index is 0.000000168. The maximum Gasteiger partial charge on any atom is 0.490 e. The fourth-order valence-corrected chi connectivity index (χ4v) is 1.50. The van der Waals surface area contributed by atoms with Crippen LogP contribution in [0.15, 0.2) is 0 Å². The molecule has 0 unspecified atom stereocenters. The lowest BCUT2D eigenvalue weighted by Crippen LogP contribution is -2.76. The van der Waals surface area contributed by atoms with E-state index in [1.165, 1.54) is 0 Å². The molecule has 0 aromatic rings. The second-order valence-electron chi connectivity index (χ2n) is 4.57. The fraction of sp³-hybridized carbons (Fsp3) is 0.889. The number of halogens is 3. The minimum atomic E-state index is -5.08. The predicted octanol–water partition coefficient (Wildman–Crippen LogP) is 1.02. The summed E-state index contributed by atoms with van der Waals surface area (Å²) >= 11 is 0. The van der Waals surface area contributed by atoms with Crippen LogP contribution in [0.1, 0.15) is 13.8 Å². The monoisotopic (exact) mass is 241 g/mol. The van der Waals surface area contributed by atoms with Gasteiger partial charge in [-0.3, -0.25) is 0 Å². The first kappa shape index (κ1) is 13.2. The van der Waals surface area contributed by atoms with Crippen LogP contribution in [0.4, 0.5) is 13.2 Å². The minimum Gasteiger partial charge on any atom is -0.475 e. The zero-order valence-corrected chi connectivity index (χ0v) is 9.02. The molecular weight excluding hydrogens is 227 g/mol. The van der Waals surface area contributed by atoms with Gasteiger partial charge in [0.1, 0.15) is 5.60 Å². The van der Waals surface area contributed by atoms with Gasteiger partial charge in [-0.05, 0) is 0 Å². The van der Waals surface area contributed by atoms with E-state index < -0.39 is 12.1 Å². The molecule has 94 valence electrons. The lowest BCUT2D eigenvalue weighted by atomic mass is 9.67. The quantitative estimate of drug-likeness (QED) is 0.664. The average molecular weight is 241 g/mol. The Morgan fingerprint density at radius 1 is 1.38 bits per heavy atom. The fourth-order valence-electron chi connectivity index (χ4n) is 1.50. The summed E-state index contributed by atoms with van der Waals surface area (Å²) in [7, 11) is 0. The van der Waals surface area contributed by atoms with Gasteiger partial charge in [-0.1, -0.05) is 13.8 Å². The Hall–Kier alpha value is -0.820. The smallest absolute Gasteiger partial charge is 0.475 e. The van der Waals surface area contributed by atoms with E-state index in [2.05, 4.69) is 19.2 Å². The molecule has 1 spiro atoms. The molecule has 2 aliphatic heterocycles. The van der Waals surface area contributed by atoms with E-state index in [0.29, 0.717) is 5.41 Å². The Morgan fingerprint density at radius 2 is 1.81 bits per heavy atom. The van der Waals surface area contributed by atoms with Gasteiger partial charge in [-0.2, -0.15) is 13.2 Å². The minimum absolute atomic E-state index is 0.229. The number of aliphatic carboxylic acids is 1. The van der Waals surface area contributed by atoms with E-state index >= 15 is 0 Å². The molecule has 0 aromatic heterocycles. The van der Waals surface area contributed by atoms with Crippen LogP contribution in [0.2, 0.25) is 0 Å². The molecule has 0 atom stereocenters. The Bertz CT molecular complexity index is 279. The molecule has 16 heavy (non-hydrogen) atoms. The average Bonchev–Trinajstić information content (AvgIpc) is 1.98.